The summed E-state index contributed by atoms with van der Waals surface area (Å²) in [5, 5.41) is 21.8. The molecule has 0 aliphatic carbocycles. The van der Waals surface area contributed by atoms with Crippen molar-refractivity contribution in [3.05, 3.63) is 47.2 Å². The highest BCUT2D eigenvalue weighted by molar-refractivity contribution is 7.99. The number of hydrogen-bond acceptors (Lipinski definition) is 8. The molecule has 4 rings (SSSR count). The zero-order chi connectivity index (χ0) is 20.8. The largest absolute Gasteiger partial charge is 0.198 e. The highest BCUT2D eigenvalue weighted by Gasteiger charge is 2.14. The first-order valence-corrected chi connectivity index (χ1v) is 14.5. The molecule has 30 heavy (non-hydrogen) atoms. The summed E-state index contributed by atoms with van der Waals surface area (Å²) < 4.78 is 0. The molecule has 0 fully saturated rings. The molecule has 4 aromatic rings. The molecule has 0 unspecified atom stereocenters. The molecule has 0 bridgehead atoms. The van der Waals surface area contributed by atoms with Crippen molar-refractivity contribution in [3.8, 4) is 41.4 Å². The number of nitrogens with zero attached hydrogens (tertiary/aromatic N) is 2. The molecule has 150 valence electrons. The highest BCUT2D eigenvalue weighted by atomic mass is 32.2. The molecule has 0 spiro atoms. The Labute approximate surface area is 200 Å². The number of nitriles is 2. The monoisotopic (exact) mass is 500 g/mol. The van der Waals surface area contributed by atoms with Crippen molar-refractivity contribution < 1.29 is 0 Å². The van der Waals surface area contributed by atoms with Gasteiger partial charge in [-0.25, -0.2) is 0 Å². The van der Waals surface area contributed by atoms with E-state index in [0.717, 1.165) is 11.5 Å². The molecule has 0 aliphatic rings. The van der Waals surface area contributed by atoms with Gasteiger partial charge in [-0.1, -0.05) is 0 Å². The van der Waals surface area contributed by atoms with Gasteiger partial charge in [0.2, 0.25) is 0 Å². The fourth-order valence-electron chi connectivity index (χ4n) is 2.78. The molecule has 0 aliphatic heterocycles. The summed E-state index contributed by atoms with van der Waals surface area (Å²) in [5.41, 5.74) is 0. The summed E-state index contributed by atoms with van der Waals surface area (Å²) in [6.07, 6.45) is 1.15. The molecular formula is C22H16N2S6. The van der Waals surface area contributed by atoms with Crippen LogP contribution in [-0.2, 0) is 0 Å². The van der Waals surface area contributed by atoms with Crippen LogP contribution in [0.5, 0.6) is 0 Å². The molecule has 0 aromatic carbocycles. The Morgan fingerprint density at radius 3 is 1.50 bits per heavy atom. The van der Waals surface area contributed by atoms with Gasteiger partial charge in [0.15, 0.2) is 0 Å². The molecule has 0 radical (unpaired) electrons. The van der Waals surface area contributed by atoms with Crippen LogP contribution in [0.4, 0.5) is 0 Å². The van der Waals surface area contributed by atoms with Crippen molar-refractivity contribution in [2.24, 2.45) is 0 Å². The van der Waals surface area contributed by atoms with Crippen LogP contribution in [0.1, 0.15) is 12.8 Å². The Morgan fingerprint density at radius 1 is 0.633 bits per heavy atom. The van der Waals surface area contributed by atoms with Crippen molar-refractivity contribution in [3.63, 3.8) is 0 Å². The second-order valence-electron chi connectivity index (χ2n) is 6.07. The van der Waals surface area contributed by atoms with E-state index in [0.29, 0.717) is 12.8 Å². The fourth-order valence-corrected chi connectivity index (χ4v) is 9.33. The first kappa shape index (κ1) is 21.7. The summed E-state index contributed by atoms with van der Waals surface area (Å²) in [6, 6.07) is 17.6. The maximum atomic E-state index is 8.78. The van der Waals surface area contributed by atoms with Gasteiger partial charge in [0.1, 0.15) is 0 Å². The Kier molecular flexibility index (Phi) is 7.72. The molecule has 0 saturated carbocycles. The first-order chi connectivity index (χ1) is 14.8. The molecule has 4 aromatic heterocycles. The molecule has 0 N–H and O–H groups in total. The third kappa shape index (κ3) is 5.03. The van der Waals surface area contributed by atoms with Crippen molar-refractivity contribution in [1.82, 2.24) is 0 Å². The maximum absolute atomic E-state index is 8.78. The molecule has 0 saturated heterocycles. The summed E-state index contributed by atoms with van der Waals surface area (Å²) in [6.45, 7) is 0. The Balaban J connectivity index is 1.52. The minimum absolute atomic E-state index is 0.577. The van der Waals surface area contributed by atoms with E-state index in [2.05, 4.69) is 59.3 Å². The van der Waals surface area contributed by atoms with E-state index in [1.807, 2.05) is 22.7 Å². The molecule has 0 atom stereocenters. The third-order valence-electron chi connectivity index (χ3n) is 4.10. The summed E-state index contributed by atoms with van der Waals surface area (Å²) in [4.78, 5) is 10.3. The van der Waals surface area contributed by atoms with E-state index in [9.17, 15) is 0 Å². The SMILES string of the molecule is N#CCCSc1ccsc1-c1ccc(-c2ccc(-c3sccc3SCCC#N)s2)s1. The van der Waals surface area contributed by atoms with Gasteiger partial charge < -0.3 is 0 Å². The maximum Gasteiger partial charge on any atom is 0.0630 e. The van der Waals surface area contributed by atoms with Gasteiger partial charge in [0.05, 0.1) is 21.9 Å². The van der Waals surface area contributed by atoms with Crippen LogP contribution in [0.2, 0.25) is 0 Å². The minimum atomic E-state index is 0.577. The molecular weight excluding hydrogens is 485 g/mol. The van der Waals surface area contributed by atoms with Crippen LogP contribution in [-0.4, -0.2) is 11.5 Å². The van der Waals surface area contributed by atoms with E-state index in [1.54, 1.807) is 46.2 Å². The molecule has 2 nitrogen and oxygen atoms in total. The van der Waals surface area contributed by atoms with Crippen molar-refractivity contribution >= 4 is 68.9 Å². The predicted molar refractivity (Wildman–Crippen MR) is 136 cm³/mol. The van der Waals surface area contributed by atoms with Crippen LogP contribution in [0, 0.1) is 22.7 Å². The summed E-state index contributed by atoms with van der Waals surface area (Å²) >= 11 is 10.7. The highest BCUT2D eigenvalue weighted by Crippen LogP contribution is 2.46. The summed E-state index contributed by atoms with van der Waals surface area (Å²) in [7, 11) is 0. The van der Waals surface area contributed by atoms with E-state index < -0.39 is 0 Å². The summed E-state index contributed by atoms with van der Waals surface area (Å²) in [5.74, 6) is 1.67. The van der Waals surface area contributed by atoms with Crippen molar-refractivity contribution in [2.45, 2.75) is 22.6 Å². The van der Waals surface area contributed by atoms with Crippen LogP contribution in [0.25, 0.3) is 29.3 Å². The zero-order valence-corrected chi connectivity index (χ0v) is 20.7. The lowest BCUT2D eigenvalue weighted by atomic mass is 10.3. The normalized spacial score (nSPS) is 10.7. The molecule has 0 amide bonds. The van der Waals surface area contributed by atoms with Gasteiger partial charge in [-0.05, 0) is 47.2 Å². The number of hydrogen-bond donors (Lipinski definition) is 0. The average Bonchev–Trinajstić information content (AvgIpc) is 3.53. The van der Waals surface area contributed by atoms with Crippen molar-refractivity contribution in [1.29, 1.82) is 10.5 Å². The lowest BCUT2D eigenvalue weighted by molar-refractivity contribution is 1.24. The minimum Gasteiger partial charge on any atom is -0.198 e. The van der Waals surface area contributed by atoms with Gasteiger partial charge in [-0.15, -0.1) is 68.9 Å². The third-order valence-corrected chi connectivity index (χ3v) is 11.0. The van der Waals surface area contributed by atoms with Gasteiger partial charge in [-0.2, -0.15) is 10.5 Å². The van der Waals surface area contributed by atoms with Gasteiger partial charge >= 0.3 is 0 Å². The van der Waals surface area contributed by atoms with Gasteiger partial charge in [0.25, 0.3) is 0 Å². The fraction of sp³-hybridized carbons (Fsp3) is 0.182. The van der Waals surface area contributed by atoms with E-state index in [1.165, 1.54) is 39.1 Å². The van der Waals surface area contributed by atoms with Crippen LogP contribution in [0.15, 0.2) is 56.9 Å². The second kappa shape index (κ2) is 10.7. The predicted octanol–water partition coefficient (Wildman–Crippen LogP) is 8.95. The Hall–Kier alpha value is -1.52. The van der Waals surface area contributed by atoms with Gasteiger partial charge in [-0.3, -0.25) is 0 Å². The average molecular weight is 501 g/mol. The lowest BCUT2D eigenvalue weighted by Crippen LogP contribution is -1.76. The van der Waals surface area contributed by atoms with E-state index in [-0.39, 0.29) is 0 Å². The Morgan fingerprint density at radius 2 is 1.07 bits per heavy atom. The lowest BCUT2D eigenvalue weighted by Gasteiger charge is -2.00. The second-order valence-corrected chi connectivity index (χ2v) is 12.3. The number of rotatable bonds is 9. The zero-order valence-electron chi connectivity index (χ0n) is 15.8. The van der Waals surface area contributed by atoms with Crippen LogP contribution < -0.4 is 0 Å². The molecule has 4 heterocycles. The van der Waals surface area contributed by atoms with Crippen LogP contribution in [0.3, 0.4) is 0 Å². The van der Waals surface area contributed by atoms with E-state index >= 15 is 0 Å². The van der Waals surface area contributed by atoms with Crippen molar-refractivity contribution in [2.75, 3.05) is 11.5 Å². The quantitative estimate of drug-likeness (QED) is 0.170. The number of thioether (sulfide) groups is 2. The van der Waals surface area contributed by atoms with Gasteiger partial charge in [0, 0.05) is 53.6 Å². The molecule has 8 heteroatoms. The topological polar surface area (TPSA) is 47.6 Å². The van der Waals surface area contributed by atoms with Crippen LogP contribution >= 0.6 is 68.9 Å². The number of thiophene rings is 4. The standard InChI is InChI=1S/C22H16N2S6/c23-9-1-11-25-17-7-13-27-21(17)19-5-3-15(29-19)16-4-6-20(30-16)22-18(8-14-28-22)26-12-2-10-24/h3-8,13-14H,1-2,11-12H2. The smallest absolute Gasteiger partial charge is 0.0630 e. The Bertz CT molecular complexity index is 1100. The first-order valence-electron chi connectivity index (χ1n) is 9.15. The van der Waals surface area contributed by atoms with E-state index in [4.69, 9.17) is 10.5 Å².